The zero-order valence-corrected chi connectivity index (χ0v) is 15.0. The van der Waals surface area contributed by atoms with Gasteiger partial charge < -0.3 is 5.32 Å². The van der Waals surface area contributed by atoms with Gasteiger partial charge in [0.15, 0.2) is 0 Å². The van der Waals surface area contributed by atoms with Crippen LogP contribution in [0.15, 0.2) is 28.7 Å². The Labute approximate surface area is 138 Å². The lowest BCUT2D eigenvalue weighted by molar-refractivity contribution is 0.0266. The van der Waals surface area contributed by atoms with Crippen molar-refractivity contribution in [1.29, 1.82) is 0 Å². The highest BCUT2D eigenvalue weighted by molar-refractivity contribution is 9.10. The van der Waals surface area contributed by atoms with Crippen molar-refractivity contribution in [2.75, 3.05) is 13.1 Å². The summed E-state index contributed by atoms with van der Waals surface area (Å²) in [5, 5.41) is 3.74. The van der Waals surface area contributed by atoms with E-state index in [0.29, 0.717) is 10.8 Å². The number of rotatable bonds is 5. The lowest BCUT2D eigenvalue weighted by Crippen LogP contribution is -2.54. The molecule has 0 radical (unpaired) electrons. The first-order chi connectivity index (χ1) is 10.0. The summed E-state index contributed by atoms with van der Waals surface area (Å²) in [5.41, 5.74) is 2.62. The van der Waals surface area contributed by atoms with Crippen LogP contribution in [0.2, 0.25) is 0 Å². The van der Waals surface area contributed by atoms with Crippen LogP contribution in [0.5, 0.6) is 0 Å². The topological polar surface area (TPSA) is 12.0 Å². The molecule has 2 aliphatic rings. The second-order valence-corrected chi connectivity index (χ2v) is 8.79. The average molecular weight is 350 g/mol. The Morgan fingerprint density at radius 3 is 2.29 bits per heavy atom. The van der Waals surface area contributed by atoms with Crippen molar-refractivity contribution in [1.82, 2.24) is 5.32 Å². The van der Waals surface area contributed by atoms with Gasteiger partial charge in [0.25, 0.3) is 0 Å². The molecular formula is C19H28BrN. The van der Waals surface area contributed by atoms with Gasteiger partial charge in [-0.15, -0.1) is 0 Å². The molecule has 0 heterocycles. The second-order valence-electron chi connectivity index (χ2n) is 7.87. The van der Waals surface area contributed by atoms with Gasteiger partial charge in [-0.25, -0.2) is 0 Å². The predicted octanol–water partition coefficient (Wildman–Crippen LogP) is 5.29. The van der Waals surface area contributed by atoms with Crippen molar-refractivity contribution in [2.24, 2.45) is 11.3 Å². The molecule has 0 unspecified atom stereocenters. The molecule has 1 aromatic rings. The third-order valence-corrected chi connectivity index (χ3v) is 6.09. The molecule has 0 aromatic heterocycles. The van der Waals surface area contributed by atoms with Crippen molar-refractivity contribution in [3.8, 4) is 0 Å². The monoisotopic (exact) mass is 349 g/mol. The molecule has 2 saturated carbocycles. The van der Waals surface area contributed by atoms with Gasteiger partial charge in [-0.1, -0.05) is 54.8 Å². The molecule has 0 amide bonds. The SMILES string of the molecule is CC(C)CNCC1(c2ccc(Br)cc2)CC2(CCCC2)C1. The first-order valence-electron chi connectivity index (χ1n) is 8.51. The normalized spacial score (nSPS) is 22.7. The summed E-state index contributed by atoms with van der Waals surface area (Å²) >= 11 is 3.57. The van der Waals surface area contributed by atoms with Gasteiger partial charge in [-0.3, -0.25) is 0 Å². The predicted molar refractivity (Wildman–Crippen MR) is 93.7 cm³/mol. The minimum atomic E-state index is 0.389. The van der Waals surface area contributed by atoms with Gasteiger partial charge in [-0.2, -0.15) is 0 Å². The minimum Gasteiger partial charge on any atom is -0.316 e. The van der Waals surface area contributed by atoms with E-state index in [9.17, 15) is 0 Å². The van der Waals surface area contributed by atoms with E-state index in [2.05, 4.69) is 59.4 Å². The van der Waals surface area contributed by atoms with Crippen LogP contribution in [0.4, 0.5) is 0 Å². The summed E-state index contributed by atoms with van der Waals surface area (Å²) in [6.07, 6.45) is 8.63. The average Bonchev–Trinajstić information content (AvgIpc) is 2.87. The van der Waals surface area contributed by atoms with Crippen LogP contribution in [-0.2, 0) is 5.41 Å². The minimum absolute atomic E-state index is 0.389. The van der Waals surface area contributed by atoms with Crippen LogP contribution < -0.4 is 5.32 Å². The van der Waals surface area contributed by atoms with Gasteiger partial charge in [0.2, 0.25) is 0 Å². The number of nitrogens with one attached hydrogen (secondary N) is 1. The van der Waals surface area contributed by atoms with Crippen LogP contribution in [0, 0.1) is 11.3 Å². The molecule has 3 rings (SSSR count). The van der Waals surface area contributed by atoms with E-state index in [4.69, 9.17) is 0 Å². The van der Waals surface area contributed by atoms with Gasteiger partial charge >= 0.3 is 0 Å². The van der Waals surface area contributed by atoms with Gasteiger partial charge in [0.05, 0.1) is 0 Å². The molecule has 1 nitrogen and oxygen atoms in total. The molecule has 116 valence electrons. The first kappa shape index (κ1) is 15.6. The van der Waals surface area contributed by atoms with E-state index < -0.39 is 0 Å². The van der Waals surface area contributed by atoms with E-state index >= 15 is 0 Å². The molecule has 0 bridgehead atoms. The molecule has 21 heavy (non-hydrogen) atoms. The zero-order chi connectivity index (χ0) is 14.9. The van der Waals surface area contributed by atoms with E-state index in [-0.39, 0.29) is 0 Å². The molecule has 0 aliphatic heterocycles. The van der Waals surface area contributed by atoms with Crippen molar-refractivity contribution < 1.29 is 0 Å². The van der Waals surface area contributed by atoms with Gasteiger partial charge in [-0.05, 0) is 61.3 Å². The lowest BCUT2D eigenvalue weighted by atomic mass is 9.49. The Morgan fingerprint density at radius 2 is 1.71 bits per heavy atom. The molecular weight excluding hydrogens is 322 g/mol. The number of hydrogen-bond donors (Lipinski definition) is 1. The van der Waals surface area contributed by atoms with E-state index in [1.165, 1.54) is 43.0 Å². The highest BCUT2D eigenvalue weighted by Gasteiger charge is 2.55. The fourth-order valence-corrected chi connectivity index (χ4v) is 4.96. The van der Waals surface area contributed by atoms with Crippen molar-refractivity contribution in [2.45, 2.75) is 57.8 Å². The molecule has 1 N–H and O–H groups in total. The Balaban J connectivity index is 1.74. The highest BCUT2D eigenvalue weighted by Crippen LogP contribution is 2.62. The largest absolute Gasteiger partial charge is 0.316 e. The fraction of sp³-hybridized carbons (Fsp3) is 0.684. The lowest BCUT2D eigenvalue weighted by Gasteiger charge is -2.56. The Hall–Kier alpha value is -0.340. The highest BCUT2D eigenvalue weighted by atomic mass is 79.9. The quantitative estimate of drug-likeness (QED) is 0.761. The van der Waals surface area contributed by atoms with E-state index in [0.717, 1.165) is 19.0 Å². The molecule has 1 spiro atoms. The Morgan fingerprint density at radius 1 is 1.10 bits per heavy atom. The zero-order valence-electron chi connectivity index (χ0n) is 13.4. The van der Waals surface area contributed by atoms with Crippen LogP contribution >= 0.6 is 15.9 Å². The second kappa shape index (κ2) is 6.04. The smallest absolute Gasteiger partial charge is 0.0175 e. The molecule has 0 atom stereocenters. The molecule has 0 saturated heterocycles. The number of benzene rings is 1. The van der Waals surface area contributed by atoms with Crippen LogP contribution in [0.1, 0.15) is 57.9 Å². The van der Waals surface area contributed by atoms with Crippen molar-refractivity contribution in [3.63, 3.8) is 0 Å². The van der Waals surface area contributed by atoms with E-state index in [1.807, 2.05) is 0 Å². The summed E-state index contributed by atoms with van der Waals surface area (Å²) in [7, 11) is 0. The third-order valence-electron chi connectivity index (χ3n) is 5.56. The molecule has 2 heteroatoms. The summed E-state index contributed by atoms with van der Waals surface area (Å²) in [4.78, 5) is 0. The molecule has 2 fully saturated rings. The number of halogens is 1. The fourth-order valence-electron chi connectivity index (χ4n) is 4.70. The summed E-state index contributed by atoms with van der Waals surface area (Å²) in [5.74, 6) is 0.729. The Kier molecular flexibility index (Phi) is 4.47. The maximum absolute atomic E-state index is 3.74. The summed E-state index contributed by atoms with van der Waals surface area (Å²) < 4.78 is 1.19. The van der Waals surface area contributed by atoms with Crippen LogP contribution in [-0.4, -0.2) is 13.1 Å². The van der Waals surface area contributed by atoms with Crippen LogP contribution in [0.3, 0.4) is 0 Å². The standard InChI is InChI=1S/C19H28BrN/c1-15(2)11-21-14-19(16-5-7-17(20)8-6-16)12-18(13-19)9-3-4-10-18/h5-8,15,21H,3-4,9-14H2,1-2H3. The molecule has 2 aliphatic carbocycles. The Bertz CT molecular complexity index is 463. The summed E-state index contributed by atoms with van der Waals surface area (Å²) in [6.45, 7) is 6.86. The summed E-state index contributed by atoms with van der Waals surface area (Å²) in [6, 6.07) is 9.09. The van der Waals surface area contributed by atoms with E-state index in [1.54, 1.807) is 5.56 Å². The maximum atomic E-state index is 3.74. The van der Waals surface area contributed by atoms with Crippen molar-refractivity contribution >= 4 is 15.9 Å². The third kappa shape index (κ3) is 3.22. The first-order valence-corrected chi connectivity index (χ1v) is 9.30. The van der Waals surface area contributed by atoms with Crippen molar-refractivity contribution in [3.05, 3.63) is 34.3 Å². The van der Waals surface area contributed by atoms with Gasteiger partial charge in [0, 0.05) is 16.4 Å². The maximum Gasteiger partial charge on any atom is 0.0175 e. The van der Waals surface area contributed by atoms with Crippen LogP contribution in [0.25, 0.3) is 0 Å². The molecule has 1 aromatic carbocycles. The van der Waals surface area contributed by atoms with Gasteiger partial charge in [0.1, 0.15) is 0 Å². The number of hydrogen-bond acceptors (Lipinski definition) is 1.